The van der Waals surface area contributed by atoms with Crippen LogP contribution in [0.3, 0.4) is 0 Å². The first kappa shape index (κ1) is 15.4. The minimum atomic E-state index is -0.981. The van der Waals surface area contributed by atoms with Crippen molar-refractivity contribution in [2.75, 3.05) is 6.61 Å². The van der Waals surface area contributed by atoms with Gasteiger partial charge in [0.05, 0.1) is 6.26 Å². The standard InChI is InChI=1S/C6H8O4.C3H4O2/c1-3-9-6(8)4-10-5(2)7;1-2-3(4)5/h3H,1,4H2,2H3;2H,1H2,(H,4,5). The quantitative estimate of drug-likeness (QED) is 0.418. The molecular formula is C9H12O6. The molecule has 0 aromatic carbocycles. The van der Waals surface area contributed by atoms with E-state index >= 15 is 0 Å². The number of carboxylic acid groups (broad SMARTS) is 1. The van der Waals surface area contributed by atoms with E-state index in [0.29, 0.717) is 0 Å². The second kappa shape index (κ2) is 9.97. The molecule has 0 radical (unpaired) electrons. The zero-order chi connectivity index (χ0) is 12.3. The Morgan fingerprint density at radius 1 is 1.33 bits per heavy atom. The number of hydrogen-bond donors (Lipinski definition) is 1. The average molecular weight is 216 g/mol. The smallest absolute Gasteiger partial charge is 0.349 e. The number of carbonyl (C=O) groups is 3. The number of carboxylic acids is 1. The number of carbonyl (C=O) groups excluding carboxylic acids is 2. The molecule has 0 aliphatic carbocycles. The first-order valence-corrected chi connectivity index (χ1v) is 3.73. The van der Waals surface area contributed by atoms with E-state index in [9.17, 15) is 14.4 Å². The van der Waals surface area contributed by atoms with Gasteiger partial charge >= 0.3 is 17.9 Å². The van der Waals surface area contributed by atoms with Crippen LogP contribution in [0.15, 0.2) is 25.5 Å². The molecule has 0 saturated heterocycles. The van der Waals surface area contributed by atoms with Crippen molar-refractivity contribution in [3.05, 3.63) is 25.5 Å². The molecule has 84 valence electrons. The lowest BCUT2D eigenvalue weighted by molar-refractivity contribution is -0.154. The molecule has 15 heavy (non-hydrogen) atoms. The van der Waals surface area contributed by atoms with Gasteiger partial charge in [0, 0.05) is 13.0 Å². The van der Waals surface area contributed by atoms with Gasteiger partial charge in [-0.05, 0) is 0 Å². The Hall–Kier alpha value is -2.11. The number of hydrogen-bond acceptors (Lipinski definition) is 5. The van der Waals surface area contributed by atoms with Gasteiger partial charge in [-0.15, -0.1) is 0 Å². The largest absolute Gasteiger partial charge is 0.478 e. The lowest BCUT2D eigenvalue weighted by atomic mass is 10.7. The van der Waals surface area contributed by atoms with Gasteiger partial charge in [-0.2, -0.15) is 0 Å². The molecule has 0 aromatic rings. The van der Waals surface area contributed by atoms with Crippen molar-refractivity contribution >= 4 is 17.9 Å². The molecule has 0 fully saturated rings. The van der Waals surface area contributed by atoms with E-state index in [1.807, 2.05) is 0 Å². The number of rotatable bonds is 4. The van der Waals surface area contributed by atoms with E-state index in [-0.39, 0.29) is 6.61 Å². The third kappa shape index (κ3) is 18.7. The van der Waals surface area contributed by atoms with Gasteiger partial charge in [0.2, 0.25) is 0 Å². The van der Waals surface area contributed by atoms with Crippen LogP contribution in [0.25, 0.3) is 0 Å². The van der Waals surface area contributed by atoms with Gasteiger partial charge in [-0.1, -0.05) is 13.2 Å². The summed E-state index contributed by atoms with van der Waals surface area (Å²) in [5.74, 6) is -2.13. The maximum atomic E-state index is 10.4. The molecule has 1 N–H and O–H groups in total. The van der Waals surface area contributed by atoms with Crippen molar-refractivity contribution in [2.45, 2.75) is 6.92 Å². The predicted molar refractivity (Wildman–Crippen MR) is 50.8 cm³/mol. The molecule has 0 atom stereocenters. The van der Waals surface area contributed by atoms with Crippen molar-refractivity contribution in [1.29, 1.82) is 0 Å². The molecule has 0 aliphatic heterocycles. The Morgan fingerprint density at radius 2 is 1.80 bits per heavy atom. The van der Waals surface area contributed by atoms with Crippen molar-refractivity contribution in [3.8, 4) is 0 Å². The van der Waals surface area contributed by atoms with Gasteiger partial charge in [0.15, 0.2) is 6.61 Å². The van der Waals surface area contributed by atoms with Crippen LogP contribution in [0.5, 0.6) is 0 Å². The Labute approximate surface area is 86.8 Å². The molecule has 0 unspecified atom stereocenters. The van der Waals surface area contributed by atoms with Crippen LogP contribution < -0.4 is 0 Å². The van der Waals surface area contributed by atoms with E-state index in [2.05, 4.69) is 22.6 Å². The second-order valence-electron chi connectivity index (χ2n) is 1.98. The highest BCUT2D eigenvalue weighted by Gasteiger charge is 2.01. The van der Waals surface area contributed by atoms with Crippen molar-refractivity contribution in [3.63, 3.8) is 0 Å². The molecule has 6 nitrogen and oxygen atoms in total. The number of ether oxygens (including phenoxy) is 2. The summed E-state index contributed by atoms with van der Waals surface area (Å²) in [6.07, 6.45) is 1.81. The zero-order valence-corrected chi connectivity index (χ0v) is 8.26. The molecule has 6 heteroatoms. The van der Waals surface area contributed by atoms with Crippen LogP contribution in [-0.4, -0.2) is 29.6 Å². The molecule has 0 rings (SSSR count). The van der Waals surface area contributed by atoms with Gasteiger partial charge in [-0.3, -0.25) is 4.79 Å². The Kier molecular flexibility index (Phi) is 10.2. The van der Waals surface area contributed by atoms with Crippen molar-refractivity contribution < 1.29 is 29.0 Å². The lowest BCUT2D eigenvalue weighted by Crippen LogP contribution is -2.12. The van der Waals surface area contributed by atoms with Gasteiger partial charge in [-0.25, -0.2) is 9.59 Å². The molecule has 0 aliphatic rings. The third-order valence-electron chi connectivity index (χ3n) is 0.783. The molecule has 0 spiro atoms. The molecule has 0 heterocycles. The molecular weight excluding hydrogens is 204 g/mol. The highest BCUT2D eigenvalue weighted by molar-refractivity contribution is 5.78. The van der Waals surface area contributed by atoms with Crippen molar-refractivity contribution in [1.82, 2.24) is 0 Å². The summed E-state index contributed by atoms with van der Waals surface area (Å²) in [6.45, 7) is 6.95. The summed E-state index contributed by atoms with van der Waals surface area (Å²) in [5, 5.41) is 7.60. The minimum absolute atomic E-state index is 0.360. The molecule has 0 amide bonds. The van der Waals surface area contributed by atoms with Gasteiger partial charge in [0.1, 0.15) is 0 Å². The summed E-state index contributed by atoms with van der Waals surface area (Å²) < 4.78 is 8.53. The summed E-state index contributed by atoms with van der Waals surface area (Å²) in [4.78, 5) is 29.7. The van der Waals surface area contributed by atoms with Crippen molar-refractivity contribution in [2.24, 2.45) is 0 Å². The fraction of sp³-hybridized carbons (Fsp3) is 0.222. The first-order chi connectivity index (χ1) is 6.93. The summed E-state index contributed by atoms with van der Waals surface area (Å²) in [5.41, 5.74) is 0. The van der Waals surface area contributed by atoms with Crippen LogP contribution in [0, 0.1) is 0 Å². The topological polar surface area (TPSA) is 89.9 Å². The highest BCUT2D eigenvalue weighted by Crippen LogP contribution is 1.81. The predicted octanol–water partition coefficient (Wildman–Crippen LogP) is 0.493. The van der Waals surface area contributed by atoms with Crippen LogP contribution in [0.2, 0.25) is 0 Å². The van der Waals surface area contributed by atoms with E-state index in [1.54, 1.807) is 0 Å². The van der Waals surface area contributed by atoms with Crippen LogP contribution in [0.1, 0.15) is 6.92 Å². The monoisotopic (exact) mass is 216 g/mol. The number of esters is 2. The van der Waals surface area contributed by atoms with Crippen LogP contribution in [0.4, 0.5) is 0 Å². The lowest BCUT2D eigenvalue weighted by Gasteiger charge is -1.97. The Balaban J connectivity index is 0. The van der Waals surface area contributed by atoms with Gasteiger partial charge in [0.25, 0.3) is 0 Å². The van der Waals surface area contributed by atoms with E-state index in [4.69, 9.17) is 5.11 Å². The van der Waals surface area contributed by atoms with E-state index < -0.39 is 17.9 Å². The Bertz CT molecular complexity index is 255. The highest BCUT2D eigenvalue weighted by atomic mass is 16.6. The average Bonchev–Trinajstić information content (AvgIpc) is 2.16. The maximum Gasteiger partial charge on any atom is 0.349 e. The summed E-state index contributed by atoms with van der Waals surface area (Å²) >= 11 is 0. The fourth-order valence-electron chi connectivity index (χ4n) is 0.288. The normalized spacial score (nSPS) is 7.53. The third-order valence-corrected chi connectivity index (χ3v) is 0.783. The minimum Gasteiger partial charge on any atom is -0.478 e. The number of aliphatic carboxylic acids is 1. The Morgan fingerprint density at radius 3 is 2.07 bits per heavy atom. The van der Waals surface area contributed by atoms with Crippen LogP contribution >= 0.6 is 0 Å². The van der Waals surface area contributed by atoms with Crippen LogP contribution in [-0.2, 0) is 23.9 Å². The second-order valence-corrected chi connectivity index (χ2v) is 1.98. The molecule has 0 saturated carbocycles. The molecule has 0 bridgehead atoms. The summed E-state index contributed by atoms with van der Waals surface area (Å²) in [6, 6.07) is 0. The van der Waals surface area contributed by atoms with E-state index in [0.717, 1.165) is 12.3 Å². The fourth-order valence-corrected chi connectivity index (χ4v) is 0.288. The summed E-state index contributed by atoms with van der Waals surface area (Å²) in [7, 11) is 0. The van der Waals surface area contributed by atoms with Gasteiger partial charge < -0.3 is 14.6 Å². The zero-order valence-electron chi connectivity index (χ0n) is 8.26. The SMILES string of the molecule is C=CC(=O)O.C=COC(=O)COC(C)=O. The van der Waals surface area contributed by atoms with E-state index in [1.165, 1.54) is 6.92 Å². The maximum absolute atomic E-state index is 10.4. The molecule has 0 aromatic heterocycles. The first-order valence-electron chi connectivity index (χ1n) is 3.73.